The van der Waals surface area contributed by atoms with Crippen molar-refractivity contribution in [3.63, 3.8) is 0 Å². The van der Waals surface area contributed by atoms with Gasteiger partial charge in [0.05, 0.1) is 56.6 Å². The van der Waals surface area contributed by atoms with Gasteiger partial charge in [-0.15, -0.1) is 5.10 Å². The van der Waals surface area contributed by atoms with E-state index in [4.69, 9.17) is 11.6 Å². The third kappa shape index (κ3) is 5.20. The van der Waals surface area contributed by atoms with Crippen LogP contribution in [0.15, 0.2) is 42.7 Å². The average Bonchev–Trinajstić information content (AvgIpc) is 3.92. The van der Waals surface area contributed by atoms with E-state index in [1.165, 1.54) is 19.0 Å². The van der Waals surface area contributed by atoms with Crippen molar-refractivity contribution in [2.45, 2.75) is 64.2 Å². The van der Waals surface area contributed by atoms with Crippen molar-refractivity contribution in [1.82, 2.24) is 20.0 Å². The molecule has 0 bridgehead atoms. The molecule has 0 radical (unpaired) electrons. The van der Waals surface area contributed by atoms with Gasteiger partial charge in [-0.25, -0.2) is 4.68 Å². The molecule has 0 saturated heterocycles. The molecular formula is C32H30ClF3N8. The van der Waals surface area contributed by atoms with Gasteiger partial charge in [0.25, 0.3) is 0 Å². The molecule has 12 heteroatoms. The van der Waals surface area contributed by atoms with Gasteiger partial charge < -0.3 is 10.6 Å². The van der Waals surface area contributed by atoms with Crippen molar-refractivity contribution in [3.05, 3.63) is 75.7 Å². The zero-order chi connectivity index (χ0) is 31.4. The molecule has 0 spiro atoms. The molecule has 2 N–H and O–H groups in total. The van der Waals surface area contributed by atoms with Crippen molar-refractivity contribution < 1.29 is 13.2 Å². The molecule has 4 aromatic rings. The van der Waals surface area contributed by atoms with Gasteiger partial charge in [0.15, 0.2) is 0 Å². The van der Waals surface area contributed by atoms with Crippen molar-refractivity contribution in [1.29, 1.82) is 10.5 Å². The van der Waals surface area contributed by atoms with Gasteiger partial charge >= 0.3 is 6.18 Å². The summed E-state index contributed by atoms with van der Waals surface area (Å²) in [7, 11) is 0. The van der Waals surface area contributed by atoms with E-state index in [1.54, 1.807) is 18.2 Å². The number of nitriles is 2. The van der Waals surface area contributed by atoms with Crippen LogP contribution in [0.1, 0.15) is 73.5 Å². The number of nitrogens with one attached hydrogen (secondary N) is 2. The predicted molar refractivity (Wildman–Crippen MR) is 161 cm³/mol. The third-order valence-electron chi connectivity index (χ3n) is 9.00. The van der Waals surface area contributed by atoms with Crippen molar-refractivity contribution in [2.24, 2.45) is 11.3 Å². The number of benzene rings is 2. The molecule has 0 aliphatic heterocycles. The molecule has 226 valence electrons. The number of hydrogen-bond acceptors (Lipinski definition) is 7. The number of aromatic nitrogens is 4. The van der Waals surface area contributed by atoms with Crippen LogP contribution in [0, 0.1) is 40.9 Å². The molecule has 8 nitrogen and oxygen atoms in total. The SMILES string of the molecule is Cc1c(C#N)cccc1[C@H](Nc1cc(Cl)c2ncc(C#N)c(NCC(C)(C)C(F)(F)F)c2c1)c1cn(C2(C3CC3)CC2)nn1. The number of nitrogens with zero attached hydrogens (tertiary/aromatic N) is 6. The fourth-order valence-electron chi connectivity index (χ4n) is 5.79. The van der Waals surface area contributed by atoms with Gasteiger partial charge in [0, 0.05) is 23.8 Å². The van der Waals surface area contributed by atoms with E-state index in [2.05, 4.69) is 32.0 Å². The van der Waals surface area contributed by atoms with Crippen LogP contribution in [-0.4, -0.2) is 32.7 Å². The van der Waals surface area contributed by atoms with Crippen LogP contribution in [0.3, 0.4) is 0 Å². The number of halogens is 4. The van der Waals surface area contributed by atoms with Crippen molar-refractivity contribution >= 4 is 33.9 Å². The Labute approximate surface area is 257 Å². The lowest BCUT2D eigenvalue weighted by Crippen LogP contribution is -2.38. The zero-order valence-corrected chi connectivity index (χ0v) is 25.2. The normalized spacial score (nSPS) is 16.7. The maximum Gasteiger partial charge on any atom is 0.395 e. The monoisotopic (exact) mass is 618 g/mol. The second kappa shape index (κ2) is 10.7. The van der Waals surface area contributed by atoms with Gasteiger partial charge in [0.1, 0.15) is 11.8 Å². The Hall–Kier alpha value is -4.35. The number of fused-ring (bicyclic) bond motifs is 1. The number of anilines is 2. The van der Waals surface area contributed by atoms with E-state index in [0.717, 1.165) is 37.8 Å². The van der Waals surface area contributed by atoms with Crippen molar-refractivity contribution in [2.75, 3.05) is 17.2 Å². The Balaban J connectivity index is 1.43. The van der Waals surface area contributed by atoms with Crippen LogP contribution in [0.5, 0.6) is 0 Å². The Morgan fingerprint density at radius 2 is 1.86 bits per heavy atom. The first kappa shape index (κ1) is 29.7. The zero-order valence-electron chi connectivity index (χ0n) is 24.4. The number of rotatable bonds is 9. The molecule has 2 aromatic heterocycles. The van der Waals surface area contributed by atoms with E-state index in [1.807, 2.05) is 36.0 Å². The molecule has 2 heterocycles. The van der Waals surface area contributed by atoms with Crippen LogP contribution in [0.25, 0.3) is 10.9 Å². The maximum atomic E-state index is 13.7. The fraction of sp³-hybridized carbons (Fsp3) is 0.406. The van der Waals surface area contributed by atoms with E-state index in [0.29, 0.717) is 33.8 Å². The molecule has 2 saturated carbocycles. The summed E-state index contributed by atoms with van der Waals surface area (Å²) in [5, 5.41) is 35.6. The molecular weight excluding hydrogens is 589 g/mol. The topological polar surface area (TPSA) is 115 Å². The lowest BCUT2D eigenvalue weighted by molar-refractivity contribution is -0.206. The number of alkyl halides is 3. The van der Waals surface area contributed by atoms with Crippen LogP contribution in [-0.2, 0) is 5.54 Å². The van der Waals surface area contributed by atoms with E-state index < -0.39 is 24.2 Å². The minimum atomic E-state index is -4.46. The van der Waals surface area contributed by atoms with Crippen molar-refractivity contribution in [3.8, 4) is 12.1 Å². The van der Waals surface area contributed by atoms with Crippen LogP contribution < -0.4 is 10.6 Å². The highest BCUT2D eigenvalue weighted by molar-refractivity contribution is 6.35. The predicted octanol–water partition coefficient (Wildman–Crippen LogP) is 7.63. The third-order valence-corrected chi connectivity index (χ3v) is 9.29. The first-order chi connectivity index (χ1) is 20.9. The standard InChI is InChI=1S/C32H30ClF3N8/c1-18-19(13-37)5-4-6-23(18)29(26-16-44(43-42-26)31(9-10-31)21-7-8-21)41-22-11-24-27(40-17-30(2,3)32(34,35)36)20(14-38)15-39-28(24)25(33)12-22/h4-6,11-12,15-16,21,29,41H,7-10,17H2,1-3H3,(H,39,40)/t29-/m0/s1. The Bertz CT molecular complexity index is 1840. The second-order valence-electron chi connectivity index (χ2n) is 12.4. The summed E-state index contributed by atoms with van der Waals surface area (Å²) in [5.41, 5.74) is 1.92. The van der Waals surface area contributed by atoms with E-state index >= 15 is 0 Å². The highest BCUT2D eigenvalue weighted by Crippen LogP contribution is 2.59. The van der Waals surface area contributed by atoms with E-state index in [9.17, 15) is 23.7 Å². The lowest BCUT2D eigenvalue weighted by Gasteiger charge is -2.28. The first-order valence-electron chi connectivity index (χ1n) is 14.4. The summed E-state index contributed by atoms with van der Waals surface area (Å²) in [4.78, 5) is 4.33. The smallest absolute Gasteiger partial charge is 0.382 e. The highest BCUT2D eigenvalue weighted by Gasteiger charge is 2.56. The Kier molecular flexibility index (Phi) is 7.21. The van der Waals surface area contributed by atoms with Gasteiger partial charge in [-0.2, -0.15) is 23.7 Å². The summed E-state index contributed by atoms with van der Waals surface area (Å²) in [6.45, 7) is 3.61. The summed E-state index contributed by atoms with van der Waals surface area (Å²) in [5.74, 6) is 0.612. The van der Waals surface area contributed by atoms with E-state index in [-0.39, 0.29) is 21.8 Å². The highest BCUT2D eigenvalue weighted by atomic mass is 35.5. The van der Waals surface area contributed by atoms with Gasteiger partial charge in [-0.05, 0) is 81.7 Å². The largest absolute Gasteiger partial charge is 0.395 e. The Morgan fingerprint density at radius 3 is 2.50 bits per heavy atom. The molecule has 0 unspecified atom stereocenters. The summed E-state index contributed by atoms with van der Waals surface area (Å²) >= 11 is 6.69. The average molecular weight is 619 g/mol. The van der Waals surface area contributed by atoms with Gasteiger partial charge in [-0.3, -0.25) is 4.98 Å². The number of pyridine rings is 1. The minimum absolute atomic E-state index is 0.0235. The minimum Gasteiger partial charge on any atom is -0.382 e. The molecule has 2 aromatic carbocycles. The molecule has 2 aliphatic rings. The molecule has 1 atom stereocenters. The molecule has 6 rings (SSSR count). The quantitative estimate of drug-likeness (QED) is 0.198. The second-order valence-corrected chi connectivity index (χ2v) is 12.8. The van der Waals surface area contributed by atoms with Gasteiger partial charge in [-0.1, -0.05) is 28.9 Å². The Morgan fingerprint density at radius 1 is 1.14 bits per heavy atom. The van der Waals surface area contributed by atoms with Gasteiger partial charge in [0.2, 0.25) is 0 Å². The van der Waals surface area contributed by atoms with Crippen LogP contribution >= 0.6 is 11.6 Å². The molecule has 2 fully saturated rings. The maximum absolute atomic E-state index is 13.7. The lowest BCUT2D eigenvalue weighted by atomic mass is 9.92. The summed E-state index contributed by atoms with van der Waals surface area (Å²) < 4.78 is 43.0. The fourth-order valence-corrected chi connectivity index (χ4v) is 6.06. The number of hydrogen-bond donors (Lipinski definition) is 2. The van der Waals surface area contributed by atoms with Crippen LogP contribution in [0.2, 0.25) is 5.02 Å². The summed E-state index contributed by atoms with van der Waals surface area (Å²) in [6, 6.07) is 12.6. The summed E-state index contributed by atoms with van der Waals surface area (Å²) in [6.07, 6.45) is 3.31. The van der Waals surface area contributed by atoms with Crippen LogP contribution in [0.4, 0.5) is 24.5 Å². The molecule has 44 heavy (non-hydrogen) atoms. The first-order valence-corrected chi connectivity index (χ1v) is 14.8. The molecule has 2 aliphatic carbocycles. The molecule has 0 amide bonds.